The van der Waals surface area contributed by atoms with Crippen LogP contribution in [0.3, 0.4) is 0 Å². The average Bonchev–Trinajstić information content (AvgIpc) is 2.98. The van der Waals surface area contributed by atoms with Crippen molar-refractivity contribution in [3.8, 4) is 0 Å². The van der Waals surface area contributed by atoms with E-state index in [1.165, 1.54) is 0 Å². The first-order valence-electron chi connectivity index (χ1n) is 9.04. The van der Waals surface area contributed by atoms with Gasteiger partial charge in [0.1, 0.15) is 0 Å². The van der Waals surface area contributed by atoms with E-state index in [9.17, 15) is 9.59 Å². The van der Waals surface area contributed by atoms with Gasteiger partial charge >= 0.3 is 5.69 Å². The van der Waals surface area contributed by atoms with E-state index in [1.54, 1.807) is 10.5 Å². The fraction of sp³-hybridized carbons (Fsp3) is 0.182. The van der Waals surface area contributed by atoms with Crippen molar-refractivity contribution >= 4 is 38.0 Å². The molecule has 5 aromatic rings. The van der Waals surface area contributed by atoms with Crippen molar-refractivity contribution in [3.63, 3.8) is 0 Å². The first kappa shape index (κ1) is 16.0. The number of para-hydroxylation sites is 1. The Balaban J connectivity index is 2.09. The van der Waals surface area contributed by atoms with Crippen LogP contribution in [0.25, 0.3) is 38.0 Å². The summed E-state index contributed by atoms with van der Waals surface area (Å²) >= 11 is 0. The molecule has 0 spiro atoms. The van der Waals surface area contributed by atoms with Crippen LogP contribution in [0.4, 0.5) is 0 Å². The zero-order valence-corrected chi connectivity index (χ0v) is 15.2. The van der Waals surface area contributed by atoms with Gasteiger partial charge in [0.15, 0.2) is 0 Å². The lowest BCUT2D eigenvalue weighted by Crippen LogP contribution is -2.25. The van der Waals surface area contributed by atoms with Crippen molar-refractivity contribution in [2.75, 3.05) is 20.6 Å². The monoisotopic (exact) mass is 357 g/mol. The molecular weight excluding hydrogens is 338 g/mol. The molecule has 5 nitrogen and oxygen atoms in total. The Hall–Kier alpha value is -3.18. The number of benzene rings is 3. The van der Waals surface area contributed by atoms with Gasteiger partial charge in [-0.05, 0) is 49.0 Å². The van der Waals surface area contributed by atoms with Gasteiger partial charge in [0.05, 0.1) is 16.4 Å². The zero-order chi connectivity index (χ0) is 18.7. The van der Waals surface area contributed by atoms with Gasteiger partial charge in [0.25, 0.3) is 5.56 Å². The summed E-state index contributed by atoms with van der Waals surface area (Å²) in [5.74, 6) is 0. The maximum absolute atomic E-state index is 12.8. The molecule has 0 amide bonds. The van der Waals surface area contributed by atoms with Crippen LogP contribution >= 0.6 is 0 Å². The Morgan fingerprint density at radius 2 is 1.63 bits per heavy atom. The van der Waals surface area contributed by atoms with Gasteiger partial charge in [-0.1, -0.05) is 36.4 Å². The molecule has 0 aliphatic heterocycles. The van der Waals surface area contributed by atoms with E-state index >= 15 is 0 Å². The second-order valence-electron chi connectivity index (χ2n) is 7.32. The number of rotatable bonds is 3. The van der Waals surface area contributed by atoms with Crippen LogP contribution in [-0.4, -0.2) is 34.9 Å². The van der Waals surface area contributed by atoms with E-state index in [0.29, 0.717) is 10.9 Å². The Morgan fingerprint density at radius 3 is 2.44 bits per heavy atom. The van der Waals surface area contributed by atoms with Crippen molar-refractivity contribution < 1.29 is 0 Å². The first-order chi connectivity index (χ1) is 13.1. The summed E-state index contributed by atoms with van der Waals surface area (Å²) in [5.41, 5.74) is 2.05. The van der Waals surface area contributed by atoms with Gasteiger partial charge in [-0.2, -0.15) is 0 Å². The Kier molecular flexibility index (Phi) is 3.36. The smallest absolute Gasteiger partial charge is 0.309 e. The molecule has 3 aromatic carbocycles. The van der Waals surface area contributed by atoms with Crippen LogP contribution in [0, 0.1) is 0 Å². The molecule has 0 radical (unpaired) electrons. The molecule has 5 rings (SSSR count). The third kappa shape index (κ3) is 2.22. The highest BCUT2D eigenvalue weighted by molar-refractivity contribution is 6.18. The maximum Gasteiger partial charge on any atom is 0.333 e. The molecule has 5 heteroatoms. The quantitative estimate of drug-likeness (QED) is 0.540. The van der Waals surface area contributed by atoms with E-state index in [-0.39, 0.29) is 11.2 Å². The van der Waals surface area contributed by atoms with Crippen LogP contribution < -0.4 is 11.2 Å². The van der Waals surface area contributed by atoms with E-state index in [2.05, 4.69) is 28.1 Å². The minimum absolute atomic E-state index is 0.333. The predicted octanol–water partition coefficient (Wildman–Crippen LogP) is 2.99. The van der Waals surface area contributed by atoms with Gasteiger partial charge in [-0.3, -0.25) is 14.2 Å². The van der Waals surface area contributed by atoms with Gasteiger partial charge in [-0.25, -0.2) is 4.79 Å². The second kappa shape index (κ2) is 5.66. The second-order valence-corrected chi connectivity index (χ2v) is 7.32. The molecule has 2 heterocycles. The Morgan fingerprint density at radius 1 is 0.889 bits per heavy atom. The highest BCUT2D eigenvalue weighted by Gasteiger charge is 2.19. The highest BCUT2D eigenvalue weighted by atomic mass is 16.2. The minimum atomic E-state index is -0.375. The largest absolute Gasteiger partial charge is 0.333 e. The number of hydrogen-bond donors (Lipinski definition) is 1. The number of nitrogens with zero attached hydrogens (tertiary/aromatic N) is 2. The van der Waals surface area contributed by atoms with Crippen LogP contribution in [-0.2, 0) is 6.42 Å². The van der Waals surface area contributed by atoms with Crippen molar-refractivity contribution in [2.24, 2.45) is 0 Å². The highest BCUT2D eigenvalue weighted by Crippen LogP contribution is 2.35. The molecule has 0 aliphatic carbocycles. The topological polar surface area (TPSA) is 57.6 Å². The summed E-state index contributed by atoms with van der Waals surface area (Å²) < 4.78 is 1.69. The van der Waals surface area contributed by atoms with Crippen LogP contribution in [0.15, 0.2) is 58.1 Å². The van der Waals surface area contributed by atoms with Crippen molar-refractivity contribution in [1.82, 2.24) is 14.3 Å². The summed E-state index contributed by atoms with van der Waals surface area (Å²) in [6, 6.07) is 16.1. The molecule has 0 atom stereocenters. The normalized spacial score (nSPS) is 12.3. The molecule has 2 aromatic heterocycles. The van der Waals surface area contributed by atoms with E-state index in [0.717, 1.165) is 45.6 Å². The van der Waals surface area contributed by atoms with Gasteiger partial charge in [-0.15, -0.1) is 0 Å². The average molecular weight is 357 g/mol. The fourth-order valence-corrected chi connectivity index (χ4v) is 4.18. The van der Waals surface area contributed by atoms with E-state index in [1.807, 2.05) is 38.4 Å². The molecular formula is C22H19N3O2. The maximum atomic E-state index is 12.8. The van der Waals surface area contributed by atoms with Gasteiger partial charge in [0, 0.05) is 17.3 Å². The standard InChI is InChI=1S/C22H19N3O2/c1-24(2)11-10-16-14-7-4-3-6-13(14)12-18-15-8-5-9-17-19(15)25(20(16)18)22(27)23-21(17)26/h3-9,12H,10-11H2,1-2H3,(H,23,26,27). The van der Waals surface area contributed by atoms with Crippen molar-refractivity contribution in [3.05, 3.63) is 74.9 Å². The molecule has 0 bridgehead atoms. The Bertz CT molecular complexity index is 1440. The molecule has 0 saturated carbocycles. The first-order valence-corrected chi connectivity index (χ1v) is 9.04. The van der Waals surface area contributed by atoms with Crippen molar-refractivity contribution in [2.45, 2.75) is 6.42 Å². The van der Waals surface area contributed by atoms with Crippen LogP contribution in [0.2, 0.25) is 0 Å². The molecule has 0 fully saturated rings. The number of aromatic nitrogens is 2. The van der Waals surface area contributed by atoms with E-state index in [4.69, 9.17) is 0 Å². The number of nitrogens with one attached hydrogen (secondary N) is 1. The van der Waals surface area contributed by atoms with Gasteiger partial charge < -0.3 is 4.90 Å². The molecule has 134 valence electrons. The molecule has 0 aliphatic rings. The third-order valence-electron chi connectivity index (χ3n) is 5.38. The number of hydrogen-bond acceptors (Lipinski definition) is 3. The molecule has 1 N–H and O–H groups in total. The number of fused-ring (bicyclic) bond motifs is 4. The lowest BCUT2D eigenvalue weighted by Gasteiger charge is -2.13. The molecule has 0 saturated heterocycles. The summed E-state index contributed by atoms with van der Waals surface area (Å²) in [7, 11) is 4.09. The van der Waals surface area contributed by atoms with E-state index < -0.39 is 0 Å². The summed E-state index contributed by atoms with van der Waals surface area (Å²) in [6.07, 6.45) is 0.817. The van der Waals surface area contributed by atoms with Crippen LogP contribution in [0.1, 0.15) is 5.56 Å². The van der Waals surface area contributed by atoms with Crippen LogP contribution in [0.5, 0.6) is 0 Å². The minimum Gasteiger partial charge on any atom is -0.309 e. The molecule has 0 unspecified atom stereocenters. The zero-order valence-electron chi connectivity index (χ0n) is 15.2. The number of aromatic amines is 1. The molecule has 27 heavy (non-hydrogen) atoms. The summed E-state index contributed by atoms with van der Waals surface area (Å²) in [6.45, 7) is 0.873. The summed E-state index contributed by atoms with van der Waals surface area (Å²) in [4.78, 5) is 29.8. The summed E-state index contributed by atoms with van der Waals surface area (Å²) in [5, 5.41) is 4.81. The number of likely N-dealkylation sites (N-methyl/N-ethyl adjacent to an activating group) is 1. The van der Waals surface area contributed by atoms with Gasteiger partial charge in [0.2, 0.25) is 0 Å². The fourth-order valence-electron chi connectivity index (χ4n) is 4.18. The van der Waals surface area contributed by atoms with Crippen molar-refractivity contribution in [1.29, 1.82) is 0 Å². The third-order valence-corrected chi connectivity index (χ3v) is 5.38. The predicted molar refractivity (Wildman–Crippen MR) is 110 cm³/mol. The lowest BCUT2D eigenvalue weighted by atomic mass is 9.97. The number of H-pyrrole nitrogens is 1. The SMILES string of the molecule is CN(C)CCc1c2ccccc2cc2c3cccc4c(=O)[nH]c(=O)n(c12)c43. The lowest BCUT2D eigenvalue weighted by molar-refractivity contribution is 0.414. The Labute approximate surface area is 154 Å².